The quantitative estimate of drug-likeness (QED) is 0.836. The van der Waals surface area contributed by atoms with Crippen LogP contribution in [0.1, 0.15) is 0 Å². The van der Waals surface area contributed by atoms with E-state index in [9.17, 15) is 4.79 Å². The molecule has 16 heavy (non-hydrogen) atoms. The molecule has 1 aromatic carbocycles. The van der Waals surface area contributed by atoms with Gasteiger partial charge in [-0.3, -0.25) is 0 Å². The molecule has 1 N–H and O–H groups in total. The van der Waals surface area contributed by atoms with Crippen LogP contribution in [0.3, 0.4) is 0 Å². The minimum absolute atomic E-state index is 0.390. The molecular formula is C12H10N2O2. The van der Waals surface area contributed by atoms with Crippen molar-refractivity contribution in [2.75, 3.05) is 4.90 Å². The fraction of sp³-hybridized carbons (Fsp3) is 0. The normalized spacial score (nSPS) is 9.75. The van der Waals surface area contributed by atoms with Crippen LogP contribution in [-0.2, 0) is 0 Å². The van der Waals surface area contributed by atoms with Gasteiger partial charge in [0.15, 0.2) is 0 Å². The number of para-hydroxylation sites is 1. The van der Waals surface area contributed by atoms with E-state index in [1.807, 2.05) is 6.07 Å². The fourth-order valence-electron chi connectivity index (χ4n) is 1.40. The number of aromatic nitrogens is 1. The molecule has 0 saturated carbocycles. The molecule has 2 aromatic rings. The lowest BCUT2D eigenvalue weighted by Gasteiger charge is -2.17. The number of rotatable bonds is 2. The van der Waals surface area contributed by atoms with Crippen molar-refractivity contribution in [3.8, 4) is 0 Å². The van der Waals surface area contributed by atoms with Gasteiger partial charge < -0.3 is 5.11 Å². The van der Waals surface area contributed by atoms with Crippen molar-refractivity contribution in [2.45, 2.75) is 0 Å². The number of carboxylic acid groups (broad SMARTS) is 1. The Morgan fingerprint density at radius 1 is 1.06 bits per heavy atom. The molecule has 0 bridgehead atoms. The molecular weight excluding hydrogens is 204 g/mol. The Balaban J connectivity index is 2.44. The predicted octanol–water partition coefficient (Wildman–Crippen LogP) is 2.90. The van der Waals surface area contributed by atoms with Gasteiger partial charge in [-0.2, -0.15) is 0 Å². The molecule has 0 saturated heterocycles. The van der Waals surface area contributed by atoms with Crippen LogP contribution < -0.4 is 4.90 Å². The first kappa shape index (κ1) is 10.2. The molecule has 4 heteroatoms. The standard InChI is InChI=1S/C12H10N2O2/c15-12(16)14(10-6-2-1-3-7-10)11-8-4-5-9-13-11/h1-9H,(H,15,16). The lowest BCUT2D eigenvalue weighted by Crippen LogP contribution is -2.24. The summed E-state index contributed by atoms with van der Waals surface area (Å²) in [7, 11) is 0. The molecule has 1 aromatic heterocycles. The van der Waals surface area contributed by atoms with Gasteiger partial charge in [-0.25, -0.2) is 14.7 Å². The first-order valence-electron chi connectivity index (χ1n) is 4.78. The number of hydrogen-bond donors (Lipinski definition) is 1. The van der Waals surface area contributed by atoms with Crippen LogP contribution in [0.2, 0.25) is 0 Å². The van der Waals surface area contributed by atoms with Gasteiger partial charge in [0.25, 0.3) is 0 Å². The first-order chi connectivity index (χ1) is 7.79. The van der Waals surface area contributed by atoms with Crippen molar-refractivity contribution in [3.05, 3.63) is 54.7 Å². The maximum atomic E-state index is 11.2. The van der Waals surface area contributed by atoms with Crippen molar-refractivity contribution in [2.24, 2.45) is 0 Å². The molecule has 0 unspecified atom stereocenters. The van der Waals surface area contributed by atoms with Gasteiger partial charge in [0.1, 0.15) is 5.82 Å². The van der Waals surface area contributed by atoms with E-state index in [2.05, 4.69) is 4.98 Å². The summed E-state index contributed by atoms with van der Waals surface area (Å²) in [6.45, 7) is 0. The third-order valence-electron chi connectivity index (χ3n) is 2.08. The van der Waals surface area contributed by atoms with Gasteiger partial charge in [0, 0.05) is 6.20 Å². The highest BCUT2D eigenvalue weighted by atomic mass is 16.4. The van der Waals surface area contributed by atoms with Gasteiger partial charge in [-0.1, -0.05) is 24.3 Å². The summed E-state index contributed by atoms with van der Waals surface area (Å²) < 4.78 is 0. The van der Waals surface area contributed by atoms with Crippen LogP contribution in [-0.4, -0.2) is 16.2 Å². The second-order valence-corrected chi connectivity index (χ2v) is 3.14. The smallest absolute Gasteiger partial charge is 0.417 e. The number of carbonyl (C=O) groups is 1. The van der Waals surface area contributed by atoms with E-state index in [-0.39, 0.29) is 0 Å². The molecule has 1 heterocycles. The van der Waals surface area contributed by atoms with Crippen LogP contribution in [0, 0.1) is 0 Å². The monoisotopic (exact) mass is 214 g/mol. The maximum Gasteiger partial charge on any atom is 0.417 e. The largest absolute Gasteiger partial charge is 0.464 e. The Bertz CT molecular complexity index is 431. The lowest BCUT2D eigenvalue weighted by molar-refractivity contribution is 0.204. The summed E-state index contributed by atoms with van der Waals surface area (Å²) in [5.41, 5.74) is 0.578. The Morgan fingerprint density at radius 3 is 2.31 bits per heavy atom. The molecule has 0 aliphatic heterocycles. The molecule has 80 valence electrons. The van der Waals surface area contributed by atoms with Crippen molar-refractivity contribution < 1.29 is 9.90 Å². The van der Waals surface area contributed by atoms with Crippen LogP contribution in [0.25, 0.3) is 0 Å². The summed E-state index contributed by atoms with van der Waals surface area (Å²) in [6.07, 6.45) is 0.513. The number of pyridine rings is 1. The van der Waals surface area contributed by atoms with Gasteiger partial charge >= 0.3 is 6.09 Å². The lowest BCUT2D eigenvalue weighted by atomic mass is 10.3. The fourth-order valence-corrected chi connectivity index (χ4v) is 1.40. The van der Waals surface area contributed by atoms with E-state index in [0.717, 1.165) is 4.90 Å². The van der Waals surface area contributed by atoms with Gasteiger partial charge in [0.2, 0.25) is 0 Å². The minimum Gasteiger partial charge on any atom is -0.464 e. The summed E-state index contributed by atoms with van der Waals surface area (Å²) >= 11 is 0. The molecule has 0 aliphatic carbocycles. The number of nitrogens with zero attached hydrogens (tertiary/aromatic N) is 2. The average molecular weight is 214 g/mol. The Hall–Kier alpha value is -2.36. The highest BCUT2D eigenvalue weighted by Gasteiger charge is 2.16. The van der Waals surface area contributed by atoms with Gasteiger partial charge in [0.05, 0.1) is 5.69 Å². The summed E-state index contributed by atoms with van der Waals surface area (Å²) in [6, 6.07) is 14.0. The van der Waals surface area contributed by atoms with Crippen LogP contribution in [0.4, 0.5) is 16.3 Å². The first-order valence-corrected chi connectivity index (χ1v) is 4.78. The number of benzene rings is 1. The Kier molecular flexibility index (Phi) is 2.82. The highest BCUT2D eigenvalue weighted by Crippen LogP contribution is 2.22. The Morgan fingerprint density at radius 2 is 1.75 bits per heavy atom. The van der Waals surface area contributed by atoms with Crippen molar-refractivity contribution in [3.63, 3.8) is 0 Å². The molecule has 0 aliphatic rings. The predicted molar refractivity (Wildman–Crippen MR) is 60.8 cm³/mol. The summed E-state index contributed by atoms with van der Waals surface area (Å²) in [5, 5.41) is 9.17. The zero-order valence-corrected chi connectivity index (χ0v) is 8.45. The van der Waals surface area contributed by atoms with Gasteiger partial charge in [-0.15, -0.1) is 0 Å². The zero-order chi connectivity index (χ0) is 11.4. The summed E-state index contributed by atoms with van der Waals surface area (Å²) in [5.74, 6) is 0.390. The van der Waals surface area contributed by atoms with E-state index in [0.29, 0.717) is 11.5 Å². The SMILES string of the molecule is O=C(O)N(c1ccccc1)c1ccccn1. The van der Waals surface area contributed by atoms with Gasteiger partial charge in [-0.05, 0) is 24.3 Å². The number of anilines is 2. The molecule has 0 atom stereocenters. The molecule has 4 nitrogen and oxygen atoms in total. The second kappa shape index (κ2) is 4.44. The van der Waals surface area contributed by atoms with E-state index < -0.39 is 6.09 Å². The van der Waals surface area contributed by atoms with Crippen molar-refractivity contribution in [1.82, 2.24) is 4.98 Å². The minimum atomic E-state index is -1.05. The van der Waals surface area contributed by atoms with Crippen molar-refractivity contribution >= 4 is 17.6 Å². The average Bonchev–Trinajstić information content (AvgIpc) is 2.31. The third-order valence-corrected chi connectivity index (χ3v) is 2.08. The highest BCUT2D eigenvalue weighted by molar-refractivity contribution is 5.93. The molecule has 0 radical (unpaired) electrons. The van der Waals surface area contributed by atoms with E-state index in [4.69, 9.17) is 5.11 Å². The molecule has 1 amide bonds. The van der Waals surface area contributed by atoms with E-state index in [1.165, 1.54) is 0 Å². The number of hydrogen-bond acceptors (Lipinski definition) is 2. The zero-order valence-electron chi connectivity index (χ0n) is 8.45. The van der Waals surface area contributed by atoms with Crippen LogP contribution in [0.5, 0.6) is 0 Å². The van der Waals surface area contributed by atoms with E-state index >= 15 is 0 Å². The van der Waals surface area contributed by atoms with Crippen LogP contribution >= 0.6 is 0 Å². The molecule has 0 spiro atoms. The third kappa shape index (κ3) is 2.00. The van der Waals surface area contributed by atoms with Crippen molar-refractivity contribution in [1.29, 1.82) is 0 Å². The Labute approximate surface area is 92.8 Å². The molecule has 2 rings (SSSR count). The van der Waals surface area contributed by atoms with E-state index in [1.54, 1.807) is 48.7 Å². The second-order valence-electron chi connectivity index (χ2n) is 3.14. The maximum absolute atomic E-state index is 11.2. The summed E-state index contributed by atoms with van der Waals surface area (Å²) in [4.78, 5) is 16.3. The number of amides is 1. The topological polar surface area (TPSA) is 53.4 Å². The molecule has 0 fully saturated rings. The van der Waals surface area contributed by atoms with Crippen LogP contribution in [0.15, 0.2) is 54.7 Å².